The first-order valence-corrected chi connectivity index (χ1v) is 6.18. The van der Waals surface area contributed by atoms with Crippen molar-refractivity contribution in [2.75, 3.05) is 20.3 Å². The van der Waals surface area contributed by atoms with E-state index >= 15 is 0 Å². The maximum absolute atomic E-state index is 11.1. The Bertz CT molecular complexity index is 409. The zero-order valence-electron chi connectivity index (χ0n) is 10.8. The highest BCUT2D eigenvalue weighted by Gasteiger charge is 2.13. The minimum absolute atomic E-state index is 0.0985. The fourth-order valence-electron chi connectivity index (χ4n) is 1.60. The van der Waals surface area contributed by atoms with Crippen molar-refractivity contribution in [2.24, 2.45) is 0 Å². The summed E-state index contributed by atoms with van der Waals surface area (Å²) in [5.41, 5.74) is 0.924. The SMILES string of the molecule is CCNC(C)c1cc(Cl)ccc1OCC(=O)OC. The highest BCUT2D eigenvalue weighted by atomic mass is 35.5. The summed E-state index contributed by atoms with van der Waals surface area (Å²) in [7, 11) is 1.33. The number of carbonyl (C=O) groups is 1. The lowest BCUT2D eigenvalue weighted by Crippen LogP contribution is -2.20. The Labute approximate surface area is 112 Å². The van der Waals surface area contributed by atoms with Crippen LogP contribution in [0.1, 0.15) is 25.5 Å². The lowest BCUT2D eigenvalue weighted by molar-refractivity contribution is -0.142. The number of halogens is 1. The van der Waals surface area contributed by atoms with E-state index in [-0.39, 0.29) is 12.6 Å². The zero-order valence-corrected chi connectivity index (χ0v) is 11.6. The normalized spacial score (nSPS) is 12.0. The van der Waals surface area contributed by atoms with Crippen LogP contribution in [0, 0.1) is 0 Å². The molecule has 1 rings (SSSR count). The van der Waals surface area contributed by atoms with Gasteiger partial charge in [0.25, 0.3) is 0 Å². The van der Waals surface area contributed by atoms with Gasteiger partial charge in [0.05, 0.1) is 7.11 Å². The van der Waals surface area contributed by atoms with Crippen LogP contribution < -0.4 is 10.1 Å². The molecule has 1 unspecified atom stereocenters. The third-order valence-corrected chi connectivity index (χ3v) is 2.76. The molecule has 0 aliphatic carbocycles. The van der Waals surface area contributed by atoms with Crippen molar-refractivity contribution in [3.8, 4) is 5.75 Å². The van der Waals surface area contributed by atoms with Crippen molar-refractivity contribution in [3.05, 3.63) is 28.8 Å². The van der Waals surface area contributed by atoms with E-state index in [2.05, 4.69) is 10.1 Å². The number of esters is 1. The standard InChI is InChI=1S/C13H18ClNO3/c1-4-15-9(2)11-7-10(14)5-6-12(11)18-8-13(16)17-3/h5-7,9,15H,4,8H2,1-3H3. The average Bonchev–Trinajstić information content (AvgIpc) is 2.37. The van der Waals surface area contributed by atoms with Crippen molar-refractivity contribution in [1.82, 2.24) is 5.32 Å². The maximum atomic E-state index is 11.1. The van der Waals surface area contributed by atoms with E-state index in [4.69, 9.17) is 16.3 Å². The van der Waals surface area contributed by atoms with Gasteiger partial charge in [-0.2, -0.15) is 0 Å². The molecule has 5 heteroatoms. The van der Waals surface area contributed by atoms with Crippen molar-refractivity contribution in [1.29, 1.82) is 0 Å². The first kappa shape index (κ1) is 14.8. The summed E-state index contributed by atoms with van der Waals surface area (Å²) in [4.78, 5) is 11.1. The van der Waals surface area contributed by atoms with Crippen LogP contribution in [0.15, 0.2) is 18.2 Å². The first-order valence-electron chi connectivity index (χ1n) is 5.81. The van der Waals surface area contributed by atoms with Crippen molar-refractivity contribution in [3.63, 3.8) is 0 Å². The van der Waals surface area contributed by atoms with Gasteiger partial charge in [0, 0.05) is 16.6 Å². The van der Waals surface area contributed by atoms with Crippen LogP contribution in [0.5, 0.6) is 5.75 Å². The lowest BCUT2D eigenvalue weighted by atomic mass is 10.1. The predicted octanol–water partition coefficient (Wildman–Crippen LogP) is 2.56. The molecular weight excluding hydrogens is 254 g/mol. The van der Waals surface area contributed by atoms with Gasteiger partial charge in [0.1, 0.15) is 5.75 Å². The number of carbonyl (C=O) groups excluding carboxylic acids is 1. The lowest BCUT2D eigenvalue weighted by Gasteiger charge is -2.17. The molecule has 4 nitrogen and oxygen atoms in total. The van der Waals surface area contributed by atoms with Crippen LogP contribution in [0.2, 0.25) is 5.02 Å². The van der Waals surface area contributed by atoms with Gasteiger partial charge in [-0.3, -0.25) is 0 Å². The summed E-state index contributed by atoms with van der Waals surface area (Å²) in [6.45, 7) is 4.77. The molecule has 0 radical (unpaired) electrons. The van der Waals surface area contributed by atoms with Crippen LogP contribution in [0.25, 0.3) is 0 Å². The smallest absolute Gasteiger partial charge is 0.343 e. The van der Waals surface area contributed by atoms with E-state index in [0.717, 1.165) is 12.1 Å². The molecule has 1 aromatic rings. The van der Waals surface area contributed by atoms with Gasteiger partial charge in [0.15, 0.2) is 6.61 Å². The topological polar surface area (TPSA) is 47.6 Å². The predicted molar refractivity (Wildman–Crippen MR) is 71.1 cm³/mol. The monoisotopic (exact) mass is 271 g/mol. The number of nitrogens with one attached hydrogen (secondary N) is 1. The second-order valence-electron chi connectivity index (χ2n) is 3.83. The van der Waals surface area contributed by atoms with Crippen molar-refractivity contribution in [2.45, 2.75) is 19.9 Å². The van der Waals surface area contributed by atoms with Crippen LogP contribution in [0.4, 0.5) is 0 Å². The molecule has 0 bridgehead atoms. The van der Waals surface area contributed by atoms with Crippen molar-refractivity contribution >= 4 is 17.6 Å². The van der Waals surface area contributed by atoms with Crippen LogP contribution in [0.3, 0.4) is 0 Å². The molecular formula is C13H18ClNO3. The van der Waals surface area contributed by atoms with Gasteiger partial charge in [0.2, 0.25) is 0 Å². The van der Waals surface area contributed by atoms with Gasteiger partial charge in [-0.1, -0.05) is 18.5 Å². The van der Waals surface area contributed by atoms with Crippen LogP contribution in [-0.4, -0.2) is 26.2 Å². The Morgan fingerprint density at radius 1 is 1.50 bits per heavy atom. The molecule has 0 aromatic heterocycles. The molecule has 0 heterocycles. The number of hydrogen-bond donors (Lipinski definition) is 1. The zero-order chi connectivity index (χ0) is 13.5. The Morgan fingerprint density at radius 2 is 2.22 bits per heavy atom. The number of ether oxygens (including phenoxy) is 2. The Morgan fingerprint density at radius 3 is 2.83 bits per heavy atom. The molecule has 0 saturated carbocycles. The summed E-state index contributed by atoms with van der Waals surface area (Å²) < 4.78 is 9.98. The molecule has 1 N–H and O–H groups in total. The molecule has 0 aliphatic heterocycles. The van der Waals surface area contributed by atoms with E-state index < -0.39 is 5.97 Å². The molecule has 18 heavy (non-hydrogen) atoms. The number of benzene rings is 1. The minimum atomic E-state index is -0.410. The molecule has 100 valence electrons. The maximum Gasteiger partial charge on any atom is 0.343 e. The Balaban J connectivity index is 2.85. The molecule has 0 fully saturated rings. The van der Waals surface area contributed by atoms with Gasteiger partial charge < -0.3 is 14.8 Å². The second-order valence-corrected chi connectivity index (χ2v) is 4.26. The summed E-state index contributed by atoms with van der Waals surface area (Å²) >= 11 is 5.98. The summed E-state index contributed by atoms with van der Waals surface area (Å²) in [5, 5.41) is 3.92. The largest absolute Gasteiger partial charge is 0.482 e. The van der Waals surface area contributed by atoms with Crippen LogP contribution >= 0.6 is 11.6 Å². The van der Waals surface area contributed by atoms with E-state index in [1.165, 1.54) is 7.11 Å². The van der Waals surface area contributed by atoms with Crippen LogP contribution in [-0.2, 0) is 9.53 Å². The summed E-state index contributed by atoms with van der Waals surface area (Å²) in [6.07, 6.45) is 0. The van der Waals surface area contributed by atoms with E-state index in [1.54, 1.807) is 12.1 Å². The van der Waals surface area contributed by atoms with Gasteiger partial charge in [-0.25, -0.2) is 4.79 Å². The molecule has 0 saturated heterocycles. The second kappa shape index (κ2) is 7.24. The molecule has 0 aliphatic rings. The average molecular weight is 272 g/mol. The van der Waals surface area contributed by atoms with Gasteiger partial charge >= 0.3 is 5.97 Å². The summed E-state index contributed by atoms with van der Waals surface area (Å²) in [5.74, 6) is 0.227. The Hall–Kier alpha value is -1.26. The van der Waals surface area contributed by atoms with Gasteiger partial charge in [-0.15, -0.1) is 0 Å². The molecule has 0 spiro atoms. The highest BCUT2D eigenvalue weighted by Crippen LogP contribution is 2.28. The first-order chi connectivity index (χ1) is 8.58. The molecule has 1 atom stereocenters. The minimum Gasteiger partial charge on any atom is -0.482 e. The third kappa shape index (κ3) is 4.20. The van der Waals surface area contributed by atoms with Crippen molar-refractivity contribution < 1.29 is 14.3 Å². The van der Waals surface area contributed by atoms with E-state index in [0.29, 0.717) is 10.8 Å². The van der Waals surface area contributed by atoms with E-state index in [9.17, 15) is 4.79 Å². The number of hydrogen-bond acceptors (Lipinski definition) is 4. The fraction of sp³-hybridized carbons (Fsp3) is 0.462. The third-order valence-electron chi connectivity index (χ3n) is 2.52. The quantitative estimate of drug-likeness (QED) is 0.808. The number of rotatable bonds is 6. The fourth-order valence-corrected chi connectivity index (χ4v) is 1.78. The highest BCUT2D eigenvalue weighted by molar-refractivity contribution is 6.30. The number of methoxy groups -OCH3 is 1. The molecule has 0 amide bonds. The summed E-state index contributed by atoms with van der Waals surface area (Å²) in [6, 6.07) is 5.42. The Kier molecular flexibility index (Phi) is 5.95. The van der Waals surface area contributed by atoms with Gasteiger partial charge in [-0.05, 0) is 31.7 Å². The van der Waals surface area contributed by atoms with E-state index in [1.807, 2.05) is 19.9 Å². The molecule has 1 aromatic carbocycles.